The van der Waals surface area contributed by atoms with Gasteiger partial charge in [0.1, 0.15) is 11.6 Å². The summed E-state index contributed by atoms with van der Waals surface area (Å²) in [5, 5.41) is 3.24. The maximum atomic E-state index is 14.1. The number of ether oxygens (including phenoxy) is 1. The van der Waals surface area contributed by atoms with Gasteiger partial charge in [-0.3, -0.25) is 0 Å². The molecule has 1 aromatic carbocycles. The van der Waals surface area contributed by atoms with Crippen LogP contribution in [0.5, 0.6) is 5.75 Å². The lowest BCUT2D eigenvalue weighted by Crippen LogP contribution is -2.22. The monoisotopic (exact) mass is 249 g/mol. The summed E-state index contributed by atoms with van der Waals surface area (Å²) in [7, 11) is 1.52. The van der Waals surface area contributed by atoms with E-state index in [1.807, 2.05) is 13.0 Å². The molecule has 0 fully saturated rings. The number of nitrogens with one attached hydrogen (secondary N) is 1. The highest BCUT2D eigenvalue weighted by Crippen LogP contribution is 2.27. The van der Waals surface area contributed by atoms with Gasteiger partial charge in [-0.2, -0.15) is 0 Å². The summed E-state index contributed by atoms with van der Waals surface area (Å²) in [6.07, 6.45) is 3.21. The fraction of sp³-hybridized carbons (Fsp3) is 0.286. The molecule has 0 spiro atoms. The molecule has 0 saturated carbocycles. The molecule has 0 aliphatic heterocycles. The van der Waals surface area contributed by atoms with E-state index in [0.29, 0.717) is 11.3 Å². The third kappa shape index (κ3) is 2.54. The minimum Gasteiger partial charge on any atom is -0.497 e. The fourth-order valence-electron chi connectivity index (χ4n) is 1.92. The Morgan fingerprint density at radius 2 is 2.22 bits per heavy atom. The van der Waals surface area contributed by atoms with Crippen LogP contribution >= 0.6 is 0 Å². The lowest BCUT2D eigenvalue weighted by atomic mass is 10.0. The normalized spacial score (nSPS) is 12.4. The molecule has 1 N–H and O–H groups in total. The molecule has 1 heterocycles. The number of methoxy groups -OCH3 is 1. The third-order valence-electron chi connectivity index (χ3n) is 2.80. The Labute approximate surface area is 106 Å². The quantitative estimate of drug-likeness (QED) is 0.884. The maximum absolute atomic E-state index is 14.1. The van der Waals surface area contributed by atoms with Crippen molar-refractivity contribution < 1.29 is 13.5 Å². The van der Waals surface area contributed by atoms with Crippen LogP contribution < -0.4 is 10.1 Å². The predicted molar refractivity (Wildman–Crippen MR) is 67.2 cm³/mol. The standard InChI is InChI=1S/C14H16FNO2/c1-3-16-14(10-6-7-18-9-10)12-5-4-11(17-2)8-13(12)15/h4-9,14,16H,3H2,1-2H3. The zero-order valence-electron chi connectivity index (χ0n) is 10.4. The molecule has 96 valence electrons. The highest BCUT2D eigenvalue weighted by molar-refractivity contribution is 5.35. The maximum Gasteiger partial charge on any atom is 0.132 e. The van der Waals surface area contributed by atoms with E-state index in [-0.39, 0.29) is 11.9 Å². The first-order valence-electron chi connectivity index (χ1n) is 5.85. The Bertz CT molecular complexity index is 497. The SMILES string of the molecule is CCNC(c1ccoc1)c1ccc(OC)cc1F. The Morgan fingerprint density at radius 3 is 2.78 bits per heavy atom. The van der Waals surface area contributed by atoms with Gasteiger partial charge < -0.3 is 14.5 Å². The summed E-state index contributed by atoms with van der Waals surface area (Å²) in [6.45, 7) is 2.72. The first-order valence-corrected chi connectivity index (χ1v) is 5.85. The molecule has 0 aliphatic rings. The number of rotatable bonds is 5. The Morgan fingerprint density at radius 1 is 1.39 bits per heavy atom. The summed E-state index contributed by atoms with van der Waals surface area (Å²) in [5.74, 6) is 0.222. The van der Waals surface area contributed by atoms with Gasteiger partial charge in [0.15, 0.2) is 0 Å². The van der Waals surface area contributed by atoms with E-state index >= 15 is 0 Å². The van der Waals surface area contributed by atoms with Crippen molar-refractivity contribution in [2.75, 3.05) is 13.7 Å². The zero-order valence-corrected chi connectivity index (χ0v) is 10.4. The minimum absolute atomic E-state index is 0.209. The third-order valence-corrected chi connectivity index (χ3v) is 2.80. The molecule has 3 nitrogen and oxygen atoms in total. The average molecular weight is 249 g/mol. The van der Waals surface area contributed by atoms with E-state index < -0.39 is 0 Å². The lowest BCUT2D eigenvalue weighted by Gasteiger charge is -2.18. The van der Waals surface area contributed by atoms with Crippen molar-refractivity contribution in [2.45, 2.75) is 13.0 Å². The van der Waals surface area contributed by atoms with Crippen molar-refractivity contribution in [3.8, 4) is 5.75 Å². The van der Waals surface area contributed by atoms with E-state index in [1.165, 1.54) is 13.2 Å². The average Bonchev–Trinajstić information content (AvgIpc) is 2.90. The molecule has 0 radical (unpaired) electrons. The molecule has 0 aliphatic carbocycles. The van der Waals surface area contributed by atoms with Gasteiger partial charge in [-0.15, -0.1) is 0 Å². The summed E-state index contributed by atoms with van der Waals surface area (Å²) < 4.78 is 24.1. The summed E-state index contributed by atoms with van der Waals surface area (Å²) in [6, 6.07) is 6.49. The van der Waals surface area contributed by atoms with Crippen molar-refractivity contribution >= 4 is 0 Å². The largest absolute Gasteiger partial charge is 0.497 e. The molecule has 1 aromatic heterocycles. The van der Waals surface area contributed by atoms with Crippen molar-refractivity contribution in [1.29, 1.82) is 0 Å². The highest BCUT2D eigenvalue weighted by atomic mass is 19.1. The van der Waals surface area contributed by atoms with Crippen molar-refractivity contribution in [2.24, 2.45) is 0 Å². The number of hydrogen-bond donors (Lipinski definition) is 1. The van der Waals surface area contributed by atoms with Crippen LogP contribution in [0.4, 0.5) is 4.39 Å². The van der Waals surface area contributed by atoms with E-state index in [2.05, 4.69) is 5.32 Å². The van der Waals surface area contributed by atoms with Gasteiger partial charge in [-0.1, -0.05) is 13.0 Å². The highest BCUT2D eigenvalue weighted by Gasteiger charge is 2.18. The van der Waals surface area contributed by atoms with Crippen LogP contribution in [0.25, 0.3) is 0 Å². The van der Waals surface area contributed by atoms with E-state index in [1.54, 1.807) is 24.7 Å². The Balaban J connectivity index is 2.37. The predicted octanol–water partition coefficient (Wildman–Crippen LogP) is 3.13. The molecule has 4 heteroatoms. The number of benzene rings is 1. The van der Waals surface area contributed by atoms with Gasteiger partial charge in [0.2, 0.25) is 0 Å². The summed E-state index contributed by atoms with van der Waals surface area (Å²) >= 11 is 0. The molecular weight excluding hydrogens is 233 g/mol. The lowest BCUT2D eigenvalue weighted by molar-refractivity contribution is 0.410. The van der Waals surface area contributed by atoms with Crippen molar-refractivity contribution in [1.82, 2.24) is 5.32 Å². The molecule has 2 aromatic rings. The van der Waals surface area contributed by atoms with Crippen LogP contribution in [0.2, 0.25) is 0 Å². The van der Waals surface area contributed by atoms with Crippen LogP contribution in [-0.4, -0.2) is 13.7 Å². The van der Waals surface area contributed by atoms with Gasteiger partial charge in [0.05, 0.1) is 25.7 Å². The zero-order chi connectivity index (χ0) is 13.0. The van der Waals surface area contributed by atoms with Crippen molar-refractivity contribution in [3.05, 3.63) is 53.7 Å². The van der Waals surface area contributed by atoms with E-state index in [9.17, 15) is 4.39 Å². The van der Waals surface area contributed by atoms with Crippen LogP contribution in [0.1, 0.15) is 24.1 Å². The Hall–Kier alpha value is -1.81. The van der Waals surface area contributed by atoms with Gasteiger partial charge >= 0.3 is 0 Å². The fourth-order valence-corrected chi connectivity index (χ4v) is 1.92. The summed E-state index contributed by atoms with van der Waals surface area (Å²) in [5.41, 5.74) is 1.49. The molecule has 0 saturated heterocycles. The molecule has 0 amide bonds. The molecular formula is C14H16FNO2. The summed E-state index contributed by atoms with van der Waals surface area (Å²) in [4.78, 5) is 0. The smallest absolute Gasteiger partial charge is 0.132 e. The van der Waals surface area contributed by atoms with Crippen LogP contribution in [0, 0.1) is 5.82 Å². The second kappa shape index (κ2) is 5.69. The first kappa shape index (κ1) is 12.6. The van der Waals surface area contributed by atoms with Crippen LogP contribution in [-0.2, 0) is 0 Å². The van der Waals surface area contributed by atoms with E-state index in [0.717, 1.165) is 12.1 Å². The van der Waals surface area contributed by atoms with Gasteiger partial charge in [-0.25, -0.2) is 4.39 Å². The van der Waals surface area contributed by atoms with Gasteiger partial charge in [0.25, 0.3) is 0 Å². The minimum atomic E-state index is -0.290. The van der Waals surface area contributed by atoms with E-state index in [4.69, 9.17) is 9.15 Å². The first-order chi connectivity index (χ1) is 8.76. The van der Waals surface area contributed by atoms with Crippen LogP contribution in [0.3, 0.4) is 0 Å². The number of halogens is 1. The second-order valence-corrected chi connectivity index (χ2v) is 3.93. The van der Waals surface area contributed by atoms with Gasteiger partial charge in [0, 0.05) is 17.2 Å². The van der Waals surface area contributed by atoms with Crippen molar-refractivity contribution in [3.63, 3.8) is 0 Å². The topological polar surface area (TPSA) is 34.4 Å². The molecule has 1 unspecified atom stereocenters. The molecule has 2 rings (SSSR count). The number of furan rings is 1. The van der Waals surface area contributed by atoms with Gasteiger partial charge in [-0.05, 0) is 18.7 Å². The molecule has 1 atom stereocenters. The Kier molecular flexibility index (Phi) is 3.99. The second-order valence-electron chi connectivity index (χ2n) is 3.93. The molecule has 0 bridgehead atoms. The number of hydrogen-bond acceptors (Lipinski definition) is 3. The van der Waals surface area contributed by atoms with Crippen LogP contribution in [0.15, 0.2) is 41.2 Å². The molecule has 18 heavy (non-hydrogen) atoms.